The third kappa shape index (κ3) is 2.08. The van der Waals surface area contributed by atoms with Crippen LogP contribution in [0.4, 0.5) is 11.4 Å². The highest BCUT2D eigenvalue weighted by Gasteiger charge is 2.14. The van der Waals surface area contributed by atoms with Gasteiger partial charge in [0.05, 0.1) is 0 Å². The van der Waals surface area contributed by atoms with Gasteiger partial charge in [0.25, 0.3) is 5.91 Å². The van der Waals surface area contributed by atoms with E-state index in [1.165, 1.54) is 0 Å². The fourth-order valence-corrected chi connectivity index (χ4v) is 1.63. The topological polar surface area (TPSA) is 75.3 Å². The molecule has 82 valence electrons. The van der Waals surface area contributed by atoms with Gasteiger partial charge in [0, 0.05) is 17.8 Å². The fraction of sp³-hybridized carbons (Fsp3) is 0.182. The molecule has 5 heteroatoms. The molecule has 16 heavy (non-hydrogen) atoms. The maximum absolute atomic E-state index is 11.1. The molecule has 0 unspecified atom stereocenters. The SMILES string of the molecule is O=CC(=O)Nc1ccc2c(c1)CCC(=O)N2. The summed E-state index contributed by atoms with van der Waals surface area (Å²) in [6, 6.07) is 5.12. The van der Waals surface area contributed by atoms with Gasteiger partial charge in [-0.25, -0.2) is 0 Å². The number of aryl methyl sites for hydroxylation is 1. The lowest BCUT2D eigenvalue weighted by molar-refractivity contribution is -0.127. The Morgan fingerprint density at radius 3 is 2.94 bits per heavy atom. The lowest BCUT2D eigenvalue weighted by Gasteiger charge is -2.17. The summed E-state index contributed by atoms with van der Waals surface area (Å²) in [6.07, 6.45) is 1.31. The van der Waals surface area contributed by atoms with E-state index in [1.54, 1.807) is 18.2 Å². The number of carbonyl (C=O) groups is 3. The molecule has 0 saturated heterocycles. The van der Waals surface area contributed by atoms with E-state index in [9.17, 15) is 14.4 Å². The highest BCUT2D eigenvalue weighted by molar-refractivity contribution is 6.29. The molecule has 5 nitrogen and oxygen atoms in total. The Bertz CT molecular complexity index is 468. The van der Waals surface area contributed by atoms with Gasteiger partial charge in [-0.05, 0) is 30.2 Å². The number of carbonyl (C=O) groups excluding carboxylic acids is 3. The van der Waals surface area contributed by atoms with E-state index in [0.29, 0.717) is 18.5 Å². The number of hydrogen-bond acceptors (Lipinski definition) is 3. The number of rotatable bonds is 2. The van der Waals surface area contributed by atoms with E-state index in [0.717, 1.165) is 11.3 Å². The molecule has 2 amide bonds. The molecular formula is C11H10N2O3. The van der Waals surface area contributed by atoms with Gasteiger partial charge < -0.3 is 10.6 Å². The van der Waals surface area contributed by atoms with Crippen molar-refractivity contribution in [1.29, 1.82) is 0 Å². The summed E-state index contributed by atoms with van der Waals surface area (Å²) in [5.74, 6) is -0.683. The van der Waals surface area contributed by atoms with Crippen molar-refractivity contribution in [2.45, 2.75) is 12.8 Å². The smallest absolute Gasteiger partial charge is 0.288 e. The number of aldehydes is 1. The Hall–Kier alpha value is -2.17. The van der Waals surface area contributed by atoms with E-state index >= 15 is 0 Å². The molecule has 0 atom stereocenters. The van der Waals surface area contributed by atoms with Crippen LogP contribution in [0.5, 0.6) is 0 Å². The van der Waals surface area contributed by atoms with Gasteiger partial charge in [-0.2, -0.15) is 0 Å². The Balaban J connectivity index is 2.22. The first-order valence-corrected chi connectivity index (χ1v) is 4.88. The average molecular weight is 218 g/mol. The molecule has 0 fully saturated rings. The molecular weight excluding hydrogens is 208 g/mol. The van der Waals surface area contributed by atoms with E-state index in [4.69, 9.17) is 0 Å². The van der Waals surface area contributed by atoms with Crippen LogP contribution in [-0.4, -0.2) is 18.1 Å². The van der Waals surface area contributed by atoms with Gasteiger partial charge in [-0.3, -0.25) is 14.4 Å². The van der Waals surface area contributed by atoms with Gasteiger partial charge in [0.2, 0.25) is 12.2 Å². The van der Waals surface area contributed by atoms with Gasteiger partial charge in [-0.1, -0.05) is 0 Å². The molecule has 0 bridgehead atoms. The summed E-state index contributed by atoms with van der Waals surface area (Å²) in [7, 11) is 0. The van der Waals surface area contributed by atoms with Crippen LogP contribution >= 0.6 is 0 Å². The zero-order valence-electron chi connectivity index (χ0n) is 8.45. The van der Waals surface area contributed by atoms with Crippen molar-refractivity contribution in [2.24, 2.45) is 0 Å². The maximum Gasteiger partial charge on any atom is 0.288 e. The first-order valence-electron chi connectivity index (χ1n) is 4.88. The molecule has 0 aliphatic carbocycles. The molecule has 1 heterocycles. The zero-order chi connectivity index (χ0) is 11.5. The minimum Gasteiger partial charge on any atom is -0.326 e. The summed E-state index contributed by atoms with van der Waals surface area (Å²) < 4.78 is 0. The predicted octanol–water partition coefficient (Wildman–Crippen LogP) is 0.709. The lowest BCUT2D eigenvalue weighted by atomic mass is 10.0. The summed E-state index contributed by atoms with van der Waals surface area (Å²) in [5.41, 5.74) is 2.29. The van der Waals surface area contributed by atoms with Crippen molar-refractivity contribution in [3.63, 3.8) is 0 Å². The normalized spacial score (nSPS) is 13.6. The number of benzene rings is 1. The quantitative estimate of drug-likeness (QED) is 0.567. The molecule has 1 aromatic rings. The van der Waals surface area contributed by atoms with Crippen LogP contribution in [0.1, 0.15) is 12.0 Å². The molecule has 1 aliphatic heterocycles. The van der Waals surface area contributed by atoms with Crippen molar-refractivity contribution >= 4 is 29.5 Å². The summed E-state index contributed by atoms with van der Waals surface area (Å²) in [6.45, 7) is 0. The molecule has 1 aliphatic rings. The van der Waals surface area contributed by atoms with Crippen LogP contribution in [0.15, 0.2) is 18.2 Å². The molecule has 0 spiro atoms. The average Bonchev–Trinajstić information content (AvgIpc) is 2.29. The zero-order valence-corrected chi connectivity index (χ0v) is 8.45. The van der Waals surface area contributed by atoms with Crippen LogP contribution in [0.3, 0.4) is 0 Å². The Morgan fingerprint density at radius 1 is 1.38 bits per heavy atom. The second kappa shape index (κ2) is 4.14. The van der Waals surface area contributed by atoms with Crippen molar-refractivity contribution in [3.05, 3.63) is 23.8 Å². The van der Waals surface area contributed by atoms with Gasteiger partial charge in [0.15, 0.2) is 0 Å². The van der Waals surface area contributed by atoms with E-state index in [1.807, 2.05) is 0 Å². The van der Waals surface area contributed by atoms with Crippen molar-refractivity contribution < 1.29 is 14.4 Å². The van der Waals surface area contributed by atoms with Crippen molar-refractivity contribution in [3.8, 4) is 0 Å². The number of nitrogens with one attached hydrogen (secondary N) is 2. The summed E-state index contributed by atoms with van der Waals surface area (Å²) >= 11 is 0. The van der Waals surface area contributed by atoms with Gasteiger partial charge in [0.1, 0.15) is 0 Å². The first-order chi connectivity index (χ1) is 7.69. The number of amides is 2. The highest BCUT2D eigenvalue weighted by Crippen LogP contribution is 2.25. The van der Waals surface area contributed by atoms with E-state index < -0.39 is 5.91 Å². The third-order valence-electron chi connectivity index (χ3n) is 2.38. The maximum atomic E-state index is 11.1. The second-order valence-electron chi connectivity index (χ2n) is 3.53. The third-order valence-corrected chi connectivity index (χ3v) is 2.38. The molecule has 0 radical (unpaired) electrons. The van der Waals surface area contributed by atoms with Crippen molar-refractivity contribution in [1.82, 2.24) is 0 Å². The molecule has 0 aromatic heterocycles. The largest absolute Gasteiger partial charge is 0.326 e. The number of hydrogen-bond donors (Lipinski definition) is 2. The summed E-state index contributed by atoms with van der Waals surface area (Å²) in [5, 5.41) is 5.17. The van der Waals surface area contributed by atoms with Crippen LogP contribution in [0.25, 0.3) is 0 Å². The predicted molar refractivity (Wildman–Crippen MR) is 58.1 cm³/mol. The standard InChI is InChI=1S/C11H10N2O3/c14-6-11(16)12-8-2-3-9-7(5-8)1-4-10(15)13-9/h2-3,5-6H,1,4H2,(H,12,16)(H,13,15). The van der Waals surface area contributed by atoms with Crippen LogP contribution < -0.4 is 10.6 Å². The van der Waals surface area contributed by atoms with E-state index in [-0.39, 0.29) is 12.2 Å². The Labute approximate surface area is 91.8 Å². The number of fused-ring (bicyclic) bond motifs is 1. The molecule has 2 rings (SSSR count). The van der Waals surface area contributed by atoms with Gasteiger partial charge >= 0.3 is 0 Å². The summed E-state index contributed by atoms with van der Waals surface area (Å²) in [4.78, 5) is 32.1. The first kappa shape index (κ1) is 10.4. The number of anilines is 2. The van der Waals surface area contributed by atoms with E-state index in [2.05, 4.69) is 10.6 Å². The second-order valence-corrected chi connectivity index (χ2v) is 3.53. The monoisotopic (exact) mass is 218 g/mol. The minimum atomic E-state index is -0.681. The molecule has 0 saturated carbocycles. The molecule has 1 aromatic carbocycles. The van der Waals surface area contributed by atoms with Crippen LogP contribution in [-0.2, 0) is 20.8 Å². The molecule has 2 N–H and O–H groups in total. The van der Waals surface area contributed by atoms with Crippen LogP contribution in [0, 0.1) is 0 Å². The highest BCUT2D eigenvalue weighted by atomic mass is 16.2. The van der Waals surface area contributed by atoms with Crippen molar-refractivity contribution in [2.75, 3.05) is 10.6 Å². The fourth-order valence-electron chi connectivity index (χ4n) is 1.63. The Morgan fingerprint density at radius 2 is 2.19 bits per heavy atom. The van der Waals surface area contributed by atoms with Gasteiger partial charge in [-0.15, -0.1) is 0 Å². The minimum absolute atomic E-state index is 0.00261. The Kier molecular flexibility index (Phi) is 2.68. The lowest BCUT2D eigenvalue weighted by Crippen LogP contribution is -2.19. The van der Waals surface area contributed by atoms with Crippen LogP contribution in [0.2, 0.25) is 0 Å².